The second-order valence-electron chi connectivity index (χ2n) is 3.67. The quantitative estimate of drug-likeness (QED) is 0.486. The van der Waals surface area contributed by atoms with Gasteiger partial charge in [0, 0.05) is 18.3 Å². The largest absolute Gasteiger partial charge is 0.399 e. The summed E-state index contributed by atoms with van der Waals surface area (Å²) < 4.78 is 0. The van der Waals surface area contributed by atoms with Crippen LogP contribution in [-0.4, -0.2) is 6.21 Å². The second kappa shape index (κ2) is 6.67. The Morgan fingerprint density at radius 1 is 1.33 bits per heavy atom. The molecule has 0 saturated heterocycles. The number of nitrogens with zero attached hydrogens (tertiary/aromatic N) is 1. The SMILES string of the molecule is C=C/C(N)=C(/N=CCc1ccc(N)cc1)C(=C)Cl. The molecule has 0 aliphatic rings. The molecule has 0 atom stereocenters. The van der Waals surface area contributed by atoms with Crippen LogP contribution in [0.15, 0.2) is 64.9 Å². The third-order valence-corrected chi connectivity index (χ3v) is 2.46. The van der Waals surface area contributed by atoms with Gasteiger partial charge in [-0.3, -0.25) is 4.99 Å². The van der Waals surface area contributed by atoms with Crippen LogP contribution in [0.4, 0.5) is 5.69 Å². The first kappa shape index (κ1) is 14.1. The van der Waals surface area contributed by atoms with Crippen molar-refractivity contribution in [1.82, 2.24) is 0 Å². The van der Waals surface area contributed by atoms with Gasteiger partial charge in [0.25, 0.3) is 0 Å². The lowest BCUT2D eigenvalue weighted by molar-refractivity contribution is 1.25. The van der Waals surface area contributed by atoms with Crippen molar-refractivity contribution in [3.05, 3.63) is 65.5 Å². The predicted octanol–water partition coefficient (Wildman–Crippen LogP) is 2.99. The van der Waals surface area contributed by atoms with E-state index < -0.39 is 0 Å². The summed E-state index contributed by atoms with van der Waals surface area (Å²) in [6.45, 7) is 7.18. The Balaban J connectivity index is 2.77. The van der Waals surface area contributed by atoms with Gasteiger partial charge in [0.2, 0.25) is 0 Å². The van der Waals surface area contributed by atoms with Crippen molar-refractivity contribution in [3.8, 4) is 0 Å². The van der Waals surface area contributed by atoms with Crippen LogP contribution >= 0.6 is 11.6 Å². The first-order valence-electron chi connectivity index (χ1n) is 5.38. The lowest BCUT2D eigenvalue weighted by Crippen LogP contribution is -1.99. The van der Waals surface area contributed by atoms with Gasteiger partial charge in [0.1, 0.15) is 5.70 Å². The van der Waals surface area contributed by atoms with E-state index in [-0.39, 0.29) is 0 Å². The first-order valence-corrected chi connectivity index (χ1v) is 5.76. The molecule has 18 heavy (non-hydrogen) atoms. The molecular weight excluding hydrogens is 246 g/mol. The molecule has 3 nitrogen and oxygen atoms in total. The molecule has 0 saturated carbocycles. The number of halogens is 1. The molecule has 0 fully saturated rings. The van der Waals surface area contributed by atoms with E-state index in [9.17, 15) is 0 Å². The predicted molar refractivity (Wildman–Crippen MR) is 79.5 cm³/mol. The van der Waals surface area contributed by atoms with Gasteiger partial charge in [-0.25, -0.2) is 0 Å². The highest BCUT2D eigenvalue weighted by Gasteiger charge is 2.01. The zero-order chi connectivity index (χ0) is 13.5. The lowest BCUT2D eigenvalue weighted by Gasteiger charge is -2.02. The number of hydrogen-bond acceptors (Lipinski definition) is 3. The monoisotopic (exact) mass is 261 g/mol. The maximum atomic E-state index is 5.81. The van der Waals surface area contributed by atoms with Gasteiger partial charge >= 0.3 is 0 Å². The van der Waals surface area contributed by atoms with Crippen molar-refractivity contribution < 1.29 is 0 Å². The molecule has 1 rings (SSSR count). The van der Waals surface area contributed by atoms with Crippen molar-refractivity contribution in [1.29, 1.82) is 0 Å². The highest BCUT2D eigenvalue weighted by Crippen LogP contribution is 2.16. The minimum atomic E-state index is 0.293. The van der Waals surface area contributed by atoms with Crippen LogP contribution in [-0.2, 0) is 6.42 Å². The number of allylic oxidation sites excluding steroid dienone is 2. The van der Waals surface area contributed by atoms with E-state index in [2.05, 4.69) is 18.2 Å². The van der Waals surface area contributed by atoms with Crippen molar-refractivity contribution in [2.24, 2.45) is 10.7 Å². The summed E-state index contributed by atoms with van der Waals surface area (Å²) in [5, 5.41) is 0.293. The summed E-state index contributed by atoms with van der Waals surface area (Å²) in [5.41, 5.74) is 14.0. The number of anilines is 1. The van der Waals surface area contributed by atoms with Gasteiger partial charge in [-0.05, 0) is 23.8 Å². The summed E-state index contributed by atoms with van der Waals surface area (Å²) >= 11 is 5.81. The van der Waals surface area contributed by atoms with Crippen LogP contribution in [0.2, 0.25) is 0 Å². The number of nitrogens with two attached hydrogens (primary N) is 2. The van der Waals surface area contributed by atoms with E-state index in [1.807, 2.05) is 24.3 Å². The second-order valence-corrected chi connectivity index (χ2v) is 4.13. The molecule has 0 aliphatic heterocycles. The summed E-state index contributed by atoms with van der Waals surface area (Å²) in [6, 6.07) is 7.57. The highest BCUT2D eigenvalue weighted by atomic mass is 35.5. The standard InChI is InChI=1S/C14H16ClN3/c1-3-13(17)14(10(2)15)18-9-8-11-4-6-12(16)7-5-11/h3-7,9H,1-2,8,16-17H2/b14-13-,18-9?. The van der Waals surface area contributed by atoms with Crippen molar-refractivity contribution in [3.63, 3.8) is 0 Å². The number of hydrogen-bond donors (Lipinski definition) is 2. The van der Waals surface area contributed by atoms with Crippen molar-refractivity contribution >= 4 is 23.5 Å². The maximum Gasteiger partial charge on any atom is 0.103 e. The van der Waals surface area contributed by atoms with Crippen LogP contribution in [0, 0.1) is 0 Å². The molecule has 0 heterocycles. The summed E-state index contributed by atoms with van der Waals surface area (Å²) in [6.07, 6.45) is 3.88. The van der Waals surface area contributed by atoms with Gasteiger partial charge < -0.3 is 11.5 Å². The van der Waals surface area contributed by atoms with Gasteiger partial charge in [0.15, 0.2) is 0 Å². The number of benzene rings is 1. The molecule has 0 aliphatic carbocycles. The Labute approximate surface area is 112 Å². The van der Waals surface area contributed by atoms with Gasteiger partial charge in [0.05, 0.1) is 10.7 Å². The molecule has 4 heteroatoms. The molecule has 4 N–H and O–H groups in total. The minimum absolute atomic E-state index is 0.293. The Morgan fingerprint density at radius 2 is 1.94 bits per heavy atom. The van der Waals surface area contributed by atoms with E-state index in [4.69, 9.17) is 23.1 Å². The molecule has 1 aromatic carbocycles. The Bertz CT molecular complexity index is 498. The maximum absolute atomic E-state index is 5.81. The molecule has 0 unspecified atom stereocenters. The van der Waals surface area contributed by atoms with E-state index >= 15 is 0 Å². The van der Waals surface area contributed by atoms with E-state index in [1.54, 1.807) is 6.21 Å². The molecule has 0 aromatic heterocycles. The van der Waals surface area contributed by atoms with Gasteiger partial charge in [-0.2, -0.15) is 0 Å². The molecule has 1 aromatic rings. The fraction of sp³-hybridized carbons (Fsp3) is 0.0714. The van der Waals surface area contributed by atoms with E-state index in [1.165, 1.54) is 6.08 Å². The Morgan fingerprint density at radius 3 is 2.44 bits per heavy atom. The summed E-state index contributed by atoms with van der Waals surface area (Å²) in [5.74, 6) is 0. The van der Waals surface area contributed by atoms with Crippen LogP contribution < -0.4 is 11.5 Å². The topological polar surface area (TPSA) is 64.4 Å². The van der Waals surface area contributed by atoms with E-state index in [0.29, 0.717) is 22.8 Å². The molecule has 94 valence electrons. The molecular formula is C14H16ClN3. The number of nitrogen functional groups attached to an aromatic ring is 1. The zero-order valence-electron chi connectivity index (χ0n) is 10.1. The minimum Gasteiger partial charge on any atom is -0.399 e. The smallest absolute Gasteiger partial charge is 0.103 e. The Hall–Kier alpha value is -2.00. The van der Waals surface area contributed by atoms with Gasteiger partial charge in [-0.1, -0.05) is 36.9 Å². The molecule has 0 spiro atoms. The van der Waals surface area contributed by atoms with Gasteiger partial charge in [-0.15, -0.1) is 0 Å². The number of rotatable bonds is 5. The normalized spacial score (nSPS) is 12.3. The number of aliphatic imine (C=N–C) groups is 1. The summed E-state index contributed by atoms with van der Waals surface area (Å²) in [7, 11) is 0. The average molecular weight is 262 g/mol. The van der Waals surface area contributed by atoms with Crippen LogP contribution in [0.3, 0.4) is 0 Å². The fourth-order valence-corrected chi connectivity index (χ4v) is 1.45. The third kappa shape index (κ3) is 4.11. The third-order valence-electron chi connectivity index (χ3n) is 2.28. The molecule has 0 bridgehead atoms. The van der Waals surface area contributed by atoms with E-state index in [0.717, 1.165) is 11.3 Å². The first-order chi connectivity index (χ1) is 8.54. The lowest BCUT2D eigenvalue weighted by atomic mass is 10.1. The highest BCUT2D eigenvalue weighted by molar-refractivity contribution is 6.31. The van der Waals surface area contributed by atoms with Crippen LogP contribution in [0.1, 0.15) is 5.56 Å². The van der Waals surface area contributed by atoms with Crippen LogP contribution in [0.25, 0.3) is 0 Å². The Kier molecular flexibility index (Phi) is 5.21. The van der Waals surface area contributed by atoms with Crippen LogP contribution in [0.5, 0.6) is 0 Å². The average Bonchev–Trinajstić information content (AvgIpc) is 2.35. The fourth-order valence-electron chi connectivity index (χ4n) is 1.29. The molecule has 0 radical (unpaired) electrons. The van der Waals surface area contributed by atoms with Crippen molar-refractivity contribution in [2.45, 2.75) is 6.42 Å². The molecule has 0 amide bonds. The van der Waals surface area contributed by atoms with Crippen molar-refractivity contribution in [2.75, 3.05) is 5.73 Å². The summed E-state index contributed by atoms with van der Waals surface area (Å²) in [4.78, 5) is 4.21. The zero-order valence-corrected chi connectivity index (χ0v) is 10.8.